The van der Waals surface area contributed by atoms with Gasteiger partial charge in [0.15, 0.2) is 5.96 Å². The highest BCUT2D eigenvalue weighted by molar-refractivity contribution is 14.0. The van der Waals surface area contributed by atoms with Crippen molar-refractivity contribution in [2.75, 3.05) is 39.4 Å². The zero-order valence-corrected chi connectivity index (χ0v) is 20.1. The number of non-ortho nitro benzene ring substituents is 1. The first kappa shape index (κ1) is 24.5. The van der Waals surface area contributed by atoms with E-state index in [-0.39, 0.29) is 40.6 Å². The molecular formula is C20H28IN5O3S. The number of aliphatic imine (C=N–C) groups is 1. The fourth-order valence-electron chi connectivity index (χ4n) is 3.25. The van der Waals surface area contributed by atoms with Crippen LogP contribution in [-0.4, -0.2) is 55.2 Å². The number of morpholine rings is 1. The average molecular weight is 545 g/mol. The van der Waals surface area contributed by atoms with E-state index in [4.69, 9.17) is 4.74 Å². The summed E-state index contributed by atoms with van der Waals surface area (Å²) in [4.78, 5) is 18.9. The SMILES string of the molecule is CCNC(=NCc1cccc([N+](=O)[O-])c1)NCC(c1cccs1)N1CCOCC1.I. The van der Waals surface area contributed by atoms with Crippen molar-refractivity contribution in [3.63, 3.8) is 0 Å². The Morgan fingerprint density at radius 3 is 2.77 bits per heavy atom. The molecule has 1 fully saturated rings. The van der Waals surface area contributed by atoms with Crippen molar-refractivity contribution < 1.29 is 9.66 Å². The van der Waals surface area contributed by atoms with Gasteiger partial charge in [0.2, 0.25) is 0 Å². The van der Waals surface area contributed by atoms with E-state index in [2.05, 4.69) is 38.0 Å². The largest absolute Gasteiger partial charge is 0.379 e. The van der Waals surface area contributed by atoms with Gasteiger partial charge in [-0.15, -0.1) is 35.3 Å². The van der Waals surface area contributed by atoms with Gasteiger partial charge in [-0.25, -0.2) is 4.99 Å². The molecule has 1 saturated heterocycles. The minimum absolute atomic E-state index is 0. The van der Waals surface area contributed by atoms with Gasteiger partial charge >= 0.3 is 0 Å². The molecule has 10 heteroatoms. The molecule has 1 aliphatic heterocycles. The summed E-state index contributed by atoms with van der Waals surface area (Å²) >= 11 is 1.76. The lowest BCUT2D eigenvalue weighted by molar-refractivity contribution is -0.384. The Balaban J connectivity index is 0.00000320. The van der Waals surface area contributed by atoms with Crippen molar-refractivity contribution in [2.24, 2.45) is 4.99 Å². The highest BCUT2D eigenvalue weighted by Crippen LogP contribution is 2.25. The summed E-state index contributed by atoms with van der Waals surface area (Å²) in [5.74, 6) is 0.703. The van der Waals surface area contributed by atoms with Crippen LogP contribution in [0.25, 0.3) is 0 Å². The van der Waals surface area contributed by atoms with Crippen molar-refractivity contribution in [3.8, 4) is 0 Å². The Morgan fingerprint density at radius 1 is 1.30 bits per heavy atom. The van der Waals surface area contributed by atoms with Crippen LogP contribution in [0.15, 0.2) is 46.8 Å². The lowest BCUT2D eigenvalue weighted by Gasteiger charge is -2.34. The third kappa shape index (κ3) is 7.18. The summed E-state index contributed by atoms with van der Waals surface area (Å²) in [6.07, 6.45) is 0. The van der Waals surface area contributed by atoms with Gasteiger partial charge in [0.1, 0.15) is 0 Å². The van der Waals surface area contributed by atoms with Crippen LogP contribution >= 0.6 is 35.3 Å². The molecule has 2 aromatic rings. The van der Waals surface area contributed by atoms with Crippen molar-refractivity contribution >= 4 is 47.0 Å². The Labute approximate surface area is 197 Å². The molecule has 8 nitrogen and oxygen atoms in total. The Morgan fingerprint density at radius 2 is 2.10 bits per heavy atom. The standard InChI is InChI=1S/C20H27N5O3S.HI/c1-2-21-20(22-14-16-5-3-6-17(13-16)25(26)27)23-15-18(19-7-4-12-29-19)24-8-10-28-11-9-24;/h3-7,12-13,18H,2,8-11,14-15H2,1H3,(H2,21,22,23);1H. The number of ether oxygens (including phenoxy) is 1. The predicted octanol–water partition coefficient (Wildman–Crippen LogP) is 3.40. The van der Waals surface area contributed by atoms with Crippen LogP contribution in [0.1, 0.15) is 23.4 Å². The summed E-state index contributed by atoms with van der Waals surface area (Å²) in [5.41, 5.74) is 0.889. The number of nitro groups is 1. The number of benzene rings is 1. The van der Waals surface area contributed by atoms with E-state index in [9.17, 15) is 10.1 Å². The number of thiophene rings is 1. The Bertz CT molecular complexity index is 813. The molecular weight excluding hydrogens is 517 g/mol. The van der Waals surface area contributed by atoms with Crippen LogP contribution in [0.5, 0.6) is 0 Å². The summed E-state index contributed by atoms with van der Waals surface area (Å²) in [7, 11) is 0. The van der Waals surface area contributed by atoms with Crippen LogP contribution in [-0.2, 0) is 11.3 Å². The fourth-order valence-corrected chi connectivity index (χ4v) is 4.11. The first-order valence-electron chi connectivity index (χ1n) is 9.78. The second-order valence-electron chi connectivity index (χ2n) is 6.68. The molecule has 0 amide bonds. The molecule has 0 aliphatic carbocycles. The van der Waals surface area contributed by atoms with Gasteiger partial charge in [-0.3, -0.25) is 15.0 Å². The number of nitro benzene ring substituents is 1. The van der Waals surface area contributed by atoms with Gasteiger partial charge in [-0.1, -0.05) is 18.2 Å². The summed E-state index contributed by atoms with van der Waals surface area (Å²) in [6.45, 7) is 7.17. The minimum Gasteiger partial charge on any atom is -0.379 e. The van der Waals surface area contributed by atoms with E-state index in [1.807, 2.05) is 13.0 Å². The summed E-state index contributed by atoms with van der Waals surface area (Å²) in [5, 5.41) is 19.8. The molecule has 164 valence electrons. The topological polar surface area (TPSA) is 92.0 Å². The molecule has 3 rings (SSSR count). The van der Waals surface area contributed by atoms with E-state index in [0.29, 0.717) is 12.5 Å². The molecule has 1 aromatic heterocycles. The second-order valence-corrected chi connectivity index (χ2v) is 7.66. The maximum atomic E-state index is 11.0. The third-order valence-electron chi connectivity index (χ3n) is 4.71. The predicted molar refractivity (Wildman–Crippen MR) is 131 cm³/mol. The van der Waals surface area contributed by atoms with Gasteiger partial charge in [0.05, 0.1) is 30.7 Å². The number of nitrogens with zero attached hydrogens (tertiary/aromatic N) is 3. The maximum Gasteiger partial charge on any atom is 0.269 e. The molecule has 0 spiro atoms. The maximum absolute atomic E-state index is 11.0. The van der Waals surface area contributed by atoms with Crippen LogP contribution in [0.3, 0.4) is 0 Å². The molecule has 0 radical (unpaired) electrons. The van der Waals surface area contributed by atoms with Crippen LogP contribution < -0.4 is 10.6 Å². The lowest BCUT2D eigenvalue weighted by Crippen LogP contribution is -2.46. The van der Waals surface area contributed by atoms with Crippen LogP contribution in [0.4, 0.5) is 5.69 Å². The van der Waals surface area contributed by atoms with Crippen molar-refractivity contribution in [2.45, 2.75) is 19.5 Å². The second kappa shape index (κ2) is 12.8. The van der Waals surface area contributed by atoms with Gasteiger partial charge < -0.3 is 15.4 Å². The quantitative estimate of drug-likeness (QED) is 0.174. The molecule has 2 heterocycles. The number of halogens is 1. The summed E-state index contributed by atoms with van der Waals surface area (Å²) in [6, 6.07) is 11.1. The van der Waals surface area contributed by atoms with Gasteiger partial charge in [0.25, 0.3) is 5.69 Å². The number of guanidine groups is 1. The molecule has 1 atom stereocenters. The minimum atomic E-state index is -0.384. The van der Waals surface area contributed by atoms with E-state index in [0.717, 1.165) is 45.0 Å². The van der Waals surface area contributed by atoms with Crippen molar-refractivity contribution in [1.82, 2.24) is 15.5 Å². The van der Waals surface area contributed by atoms with Crippen LogP contribution in [0, 0.1) is 10.1 Å². The number of hydrogen-bond donors (Lipinski definition) is 2. The van der Waals surface area contributed by atoms with Crippen LogP contribution in [0.2, 0.25) is 0 Å². The number of rotatable bonds is 8. The van der Waals surface area contributed by atoms with E-state index in [1.165, 1.54) is 10.9 Å². The van der Waals surface area contributed by atoms with Crippen molar-refractivity contribution in [1.29, 1.82) is 0 Å². The van der Waals surface area contributed by atoms with Gasteiger partial charge in [0, 0.05) is 43.2 Å². The number of nitrogens with one attached hydrogen (secondary N) is 2. The summed E-state index contributed by atoms with van der Waals surface area (Å²) < 4.78 is 5.50. The van der Waals surface area contributed by atoms with Gasteiger partial charge in [-0.2, -0.15) is 0 Å². The number of hydrogen-bond acceptors (Lipinski definition) is 6. The van der Waals surface area contributed by atoms with E-state index < -0.39 is 0 Å². The molecule has 2 N–H and O–H groups in total. The highest BCUT2D eigenvalue weighted by atomic mass is 127. The van der Waals surface area contributed by atoms with E-state index >= 15 is 0 Å². The van der Waals surface area contributed by atoms with Crippen molar-refractivity contribution in [3.05, 3.63) is 62.3 Å². The first-order chi connectivity index (χ1) is 14.2. The monoisotopic (exact) mass is 545 g/mol. The lowest BCUT2D eigenvalue weighted by atomic mass is 10.2. The Kier molecular flexibility index (Phi) is 10.5. The molecule has 0 bridgehead atoms. The molecule has 30 heavy (non-hydrogen) atoms. The molecule has 0 saturated carbocycles. The Hall–Kier alpha value is -1.76. The zero-order chi connectivity index (χ0) is 20.5. The molecule has 1 aliphatic rings. The molecule has 1 unspecified atom stereocenters. The first-order valence-corrected chi connectivity index (χ1v) is 10.7. The zero-order valence-electron chi connectivity index (χ0n) is 17.0. The highest BCUT2D eigenvalue weighted by Gasteiger charge is 2.23. The van der Waals surface area contributed by atoms with E-state index in [1.54, 1.807) is 23.5 Å². The van der Waals surface area contributed by atoms with Gasteiger partial charge in [-0.05, 0) is 23.9 Å². The normalized spacial score (nSPS) is 15.8. The fraction of sp³-hybridized carbons (Fsp3) is 0.450. The third-order valence-corrected chi connectivity index (χ3v) is 5.68. The molecule has 1 aromatic carbocycles. The smallest absolute Gasteiger partial charge is 0.269 e. The average Bonchev–Trinajstić information content (AvgIpc) is 3.27.